The topological polar surface area (TPSA) is 47.0 Å². The molecule has 0 bridgehead atoms. The number of pyridine rings is 1. The molecule has 3 nitrogen and oxygen atoms in total. The minimum absolute atomic E-state index is 0.0194. The fourth-order valence-electron chi connectivity index (χ4n) is 1.38. The third-order valence-electron chi connectivity index (χ3n) is 2.36. The number of hydrogen-bond donors (Lipinski definition) is 0. The number of carbonyl (C=O) groups is 2. The van der Waals surface area contributed by atoms with Gasteiger partial charge >= 0.3 is 0 Å². The van der Waals surface area contributed by atoms with Crippen LogP contribution in [0.5, 0.6) is 0 Å². The summed E-state index contributed by atoms with van der Waals surface area (Å²) in [7, 11) is 0. The van der Waals surface area contributed by atoms with Crippen LogP contribution in [0.2, 0.25) is 0 Å². The van der Waals surface area contributed by atoms with Gasteiger partial charge in [0, 0.05) is 35.4 Å². The molecule has 1 heterocycles. The van der Waals surface area contributed by atoms with Gasteiger partial charge in [0.15, 0.2) is 11.6 Å². The van der Waals surface area contributed by atoms with Crippen molar-refractivity contribution < 1.29 is 9.59 Å². The molecule has 0 aliphatic carbocycles. The van der Waals surface area contributed by atoms with Crippen LogP contribution in [0.4, 0.5) is 0 Å². The molecule has 0 fully saturated rings. The molecule has 0 saturated carbocycles. The second-order valence-corrected chi connectivity index (χ2v) is 4.50. The van der Waals surface area contributed by atoms with Crippen LogP contribution >= 0.6 is 0 Å². The van der Waals surface area contributed by atoms with Crippen LogP contribution in [0.3, 0.4) is 0 Å². The van der Waals surface area contributed by atoms with Crippen LogP contribution in [-0.4, -0.2) is 16.6 Å². The highest BCUT2D eigenvalue weighted by molar-refractivity contribution is 6.02. The quantitative estimate of drug-likeness (QED) is 0.731. The minimum atomic E-state index is -0.0776. The molecule has 0 aliphatic rings. The summed E-state index contributed by atoms with van der Waals surface area (Å²) in [6.07, 6.45) is 3.03. The van der Waals surface area contributed by atoms with Crippen molar-refractivity contribution in [3.8, 4) is 0 Å². The van der Waals surface area contributed by atoms with Crippen molar-refractivity contribution in [3.05, 3.63) is 29.6 Å². The Morgan fingerprint density at radius 2 is 1.31 bits per heavy atom. The van der Waals surface area contributed by atoms with Crippen molar-refractivity contribution in [1.82, 2.24) is 4.98 Å². The first-order valence-electron chi connectivity index (χ1n) is 5.47. The third-order valence-corrected chi connectivity index (χ3v) is 2.36. The van der Waals surface area contributed by atoms with Crippen molar-refractivity contribution in [2.45, 2.75) is 27.7 Å². The van der Waals surface area contributed by atoms with E-state index in [0.29, 0.717) is 11.1 Å². The number of ketones is 2. The number of rotatable bonds is 4. The van der Waals surface area contributed by atoms with Gasteiger partial charge in [-0.3, -0.25) is 14.6 Å². The normalized spacial score (nSPS) is 10.9. The molecule has 0 amide bonds. The standard InChI is InChI=1S/C13H17NO2/c1-8(2)12(15)10-5-11(7-14-6-10)13(16)9(3)4/h5-9H,1-4H3. The zero-order valence-corrected chi connectivity index (χ0v) is 10.2. The molecule has 0 aromatic carbocycles. The summed E-state index contributed by atoms with van der Waals surface area (Å²) in [4.78, 5) is 27.4. The summed E-state index contributed by atoms with van der Waals surface area (Å²) in [5.41, 5.74) is 1.03. The Kier molecular flexibility index (Phi) is 3.93. The molecule has 0 aliphatic heterocycles. The van der Waals surface area contributed by atoms with E-state index in [1.165, 1.54) is 12.4 Å². The van der Waals surface area contributed by atoms with E-state index in [4.69, 9.17) is 0 Å². The highest BCUT2D eigenvalue weighted by Gasteiger charge is 2.15. The molecule has 0 saturated heterocycles. The van der Waals surface area contributed by atoms with E-state index in [0.717, 1.165) is 0 Å². The largest absolute Gasteiger partial charge is 0.294 e. The van der Waals surface area contributed by atoms with E-state index in [2.05, 4.69) is 4.98 Å². The van der Waals surface area contributed by atoms with Gasteiger partial charge in [-0.15, -0.1) is 0 Å². The van der Waals surface area contributed by atoms with Crippen LogP contribution in [0, 0.1) is 11.8 Å². The maximum absolute atomic E-state index is 11.7. The van der Waals surface area contributed by atoms with Gasteiger partial charge in [0.1, 0.15) is 0 Å². The highest BCUT2D eigenvalue weighted by atomic mass is 16.1. The lowest BCUT2D eigenvalue weighted by atomic mass is 9.97. The van der Waals surface area contributed by atoms with E-state index in [9.17, 15) is 9.59 Å². The zero-order valence-electron chi connectivity index (χ0n) is 10.2. The van der Waals surface area contributed by atoms with Gasteiger partial charge in [-0.1, -0.05) is 27.7 Å². The summed E-state index contributed by atoms with van der Waals surface area (Å²) in [6, 6.07) is 1.64. The fourth-order valence-corrected chi connectivity index (χ4v) is 1.38. The van der Waals surface area contributed by atoms with Crippen molar-refractivity contribution in [2.24, 2.45) is 11.8 Å². The van der Waals surface area contributed by atoms with Crippen LogP contribution in [0.1, 0.15) is 48.4 Å². The van der Waals surface area contributed by atoms with Gasteiger partial charge in [0.05, 0.1) is 0 Å². The Labute approximate surface area is 95.9 Å². The van der Waals surface area contributed by atoms with E-state index >= 15 is 0 Å². The van der Waals surface area contributed by atoms with Crippen molar-refractivity contribution in [3.63, 3.8) is 0 Å². The number of hydrogen-bond acceptors (Lipinski definition) is 3. The van der Waals surface area contributed by atoms with Gasteiger partial charge in [-0.05, 0) is 6.07 Å². The van der Waals surface area contributed by atoms with Crippen LogP contribution < -0.4 is 0 Å². The molecule has 3 heteroatoms. The lowest BCUT2D eigenvalue weighted by Gasteiger charge is -2.07. The third kappa shape index (κ3) is 2.75. The van der Waals surface area contributed by atoms with E-state index < -0.39 is 0 Å². The Balaban J connectivity index is 3.05. The molecule has 86 valence electrons. The zero-order chi connectivity index (χ0) is 12.3. The first-order chi connectivity index (χ1) is 7.43. The second-order valence-electron chi connectivity index (χ2n) is 4.50. The molecular weight excluding hydrogens is 202 g/mol. The number of carbonyl (C=O) groups excluding carboxylic acids is 2. The van der Waals surface area contributed by atoms with Gasteiger partial charge in [0.25, 0.3) is 0 Å². The first kappa shape index (κ1) is 12.6. The van der Waals surface area contributed by atoms with Crippen molar-refractivity contribution >= 4 is 11.6 Å². The molecular formula is C13H17NO2. The predicted octanol–water partition coefficient (Wildman–Crippen LogP) is 2.76. The van der Waals surface area contributed by atoms with Gasteiger partial charge in [-0.25, -0.2) is 0 Å². The summed E-state index contributed by atoms with van der Waals surface area (Å²) in [5.74, 6) is -0.116. The average Bonchev–Trinajstić information content (AvgIpc) is 2.26. The smallest absolute Gasteiger partial charge is 0.166 e. The molecule has 1 rings (SSSR count). The summed E-state index contributed by atoms with van der Waals surface area (Å²) < 4.78 is 0. The molecule has 0 atom stereocenters. The van der Waals surface area contributed by atoms with Crippen LogP contribution in [-0.2, 0) is 0 Å². The fraction of sp³-hybridized carbons (Fsp3) is 0.462. The highest BCUT2D eigenvalue weighted by Crippen LogP contribution is 2.12. The Hall–Kier alpha value is -1.51. The average molecular weight is 219 g/mol. The van der Waals surface area contributed by atoms with Gasteiger partial charge in [0.2, 0.25) is 0 Å². The Bertz CT molecular complexity index is 373. The molecule has 16 heavy (non-hydrogen) atoms. The monoisotopic (exact) mass is 219 g/mol. The Morgan fingerprint density at radius 1 is 0.938 bits per heavy atom. The van der Waals surface area contributed by atoms with Crippen LogP contribution in [0.25, 0.3) is 0 Å². The number of Topliss-reactive ketones (excluding diaryl/α,β-unsaturated/α-hetero) is 2. The number of aromatic nitrogens is 1. The molecule has 1 aromatic rings. The summed E-state index contributed by atoms with van der Waals surface area (Å²) in [6.45, 7) is 7.33. The Morgan fingerprint density at radius 3 is 1.62 bits per heavy atom. The van der Waals surface area contributed by atoms with E-state index in [-0.39, 0.29) is 23.4 Å². The van der Waals surface area contributed by atoms with Gasteiger partial charge < -0.3 is 0 Å². The number of nitrogens with zero attached hydrogens (tertiary/aromatic N) is 1. The molecule has 0 radical (unpaired) electrons. The van der Waals surface area contributed by atoms with E-state index in [1.54, 1.807) is 6.07 Å². The maximum atomic E-state index is 11.7. The lowest BCUT2D eigenvalue weighted by Crippen LogP contribution is -2.12. The second kappa shape index (κ2) is 5.01. The first-order valence-corrected chi connectivity index (χ1v) is 5.47. The van der Waals surface area contributed by atoms with Crippen LogP contribution in [0.15, 0.2) is 18.5 Å². The van der Waals surface area contributed by atoms with Crippen molar-refractivity contribution in [2.75, 3.05) is 0 Å². The predicted molar refractivity (Wildman–Crippen MR) is 62.6 cm³/mol. The van der Waals surface area contributed by atoms with E-state index in [1.807, 2.05) is 27.7 Å². The lowest BCUT2D eigenvalue weighted by molar-refractivity contribution is 0.0938. The summed E-state index contributed by atoms with van der Waals surface area (Å²) in [5, 5.41) is 0. The van der Waals surface area contributed by atoms with Gasteiger partial charge in [-0.2, -0.15) is 0 Å². The SMILES string of the molecule is CC(C)C(=O)c1cncc(C(=O)C(C)C)c1. The minimum Gasteiger partial charge on any atom is -0.294 e. The molecule has 0 spiro atoms. The summed E-state index contributed by atoms with van der Waals surface area (Å²) >= 11 is 0. The molecule has 0 N–H and O–H groups in total. The van der Waals surface area contributed by atoms with Crippen molar-refractivity contribution in [1.29, 1.82) is 0 Å². The molecule has 0 unspecified atom stereocenters. The molecule has 1 aromatic heterocycles. The maximum Gasteiger partial charge on any atom is 0.166 e.